The third-order valence-corrected chi connectivity index (χ3v) is 2.84. The largest absolute Gasteiger partial charge is 0.329 e. The number of nitrogens with one attached hydrogen (secondary N) is 1. The molecule has 0 bridgehead atoms. The molecule has 5 nitrogen and oxygen atoms in total. The first kappa shape index (κ1) is 12.8. The van der Waals surface area contributed by atoms with Crippen molar-refractivity contribution in [1.82, 2.24) is 9.97 Å². The Kier molecular flexibility index (Phi) is 3.62. The van der Waals surface area contributed by atoms with Gasteiger partial charge in [-0.05, 0) is 24.3 Å². The summed E-state index contributed by atoms with van der Waals surface area (Å²) in [5.74, 6) is 1.24. The number of benzene rings is 1. The SMILES string of the molecule is CCc1nc(N(C)c2ccc(C#N)cc2)cc(=O)[nH]1. The molecule has 0 amide bonds. The maximum atomic E-state index is 11.5. The van der Waals surface area contributed by atoms with Crippen molar-refractivity contribution in [1.29, 1.82) is 5.26 Å². The minimum absolute atomic E-state index is 0.164. The van der Waals surface area contributed by atoms with Crippen molar-refractivity contribution < 1.29 is 0 Å². The Labute approximate surface area is 111 Å². The average molecular weight is 254 g/mol. The lowest BCUT2D eigenvalue weighted by Crippen LogP contribution is -2.18. The van der Waals surface area contributed by atoms with Crippen LogP contribution in [0.2, 0.25) is 0 Å². The Balaban J connectivity index is 2.37. The molecule has 5 heteroatoms. The molecule has 0 aliphatic heterocycles. The predicted molar refractivity (Wildman–Crippen MR) is 73.5 cm³/mol. The highest BCUT2D eigenvalue weighted by Gasteiger charge is 2.07. The number of aromatic amines is 1. The summed E-state index contributed by atoms with van der Waals surface area (Å²) < 4.78 is 0. The summed E-state index contributed by atoms with van der Waals surface area (Å²) in [6.45, 7) is 1.93. The van der Waals surface area contributed by atoms with E-state index >= 15 is 0 Å². The van der Waals surface area contributed by atoms with E-state index in [-0.39, 0.29) is 5.56 Å². The summed E-state index contributed by atoms with van der Waals surface area (Å²) in [4.78, 5) is 20.4. The number of nitriles is 1. The van der Waals surface area contributed by atoms with Gasteiger partial charge < -0.3 is 9.88 Å². The molecule has 2 rings (SSSR count). The fourth-order valence-corrected chi connectivity index (χ4v) is 1.73. The van der Waals surface area contributed by atoms with Gasteiger partial charge in [0.2, 0.25) is 0 Å². The van der Waals surface area contributed by atoms with E-state index in [0.717, 1.165) is 5.69 Å². The number of nitrogens with zero attached hydrogens (tertiary/aromatic N) is 3. The highest BCUT2D eigenvalue weighted by molar-refractivity contribution is 5.59. The van der Waals surface area contributed by atoms with Crippen LogP contribution >= 0.6 is 0 Å². The second-order valence-corrected chi connectivity index (χ2v) is 4.12. The Morgan fingerprint density at radius 1 is 1.37 bits per heavy atom. The van der Waals surface area contributed by atoms with Crippen LogP contribution in [0.1, 0.15) is 18.3 Å². The monoisotopic (exact) mass is 254 g/mol. The zero-order valence-electron chi connectivity index (χ0n) is 10.8. The minimum Gasteiger partial charge on any atom is -0.329 e. The molecule has 1 heterocycles. The van der Waals surface area contributed by atoms with E-state index in [0.29, 0.717) is 23.6 Å². The number of anilines is 2. The van der Waals surface area contributed by atoms with Gasteiger partial charge in [0.05, 0.1) is 11.6 Å². The second kappa shape index (κ2) is 5.36. The lowest BCUT2D eigenvalue weighted by molar-refractivity contribution is 0.908. The van der Waals surface area contributed by atoms with Crippen LogP contribution in [0.3, 0.4) is 0 Å². The summed E-state index contributed by atoms with van der Waals surface area (Å²) in [5.41, 5.74) is 1.31. The molecule has 0 radical (unpaired) electrons. The van der Waals surface area contributed by atoms with Gasteiger partial charge >= 0.3 is 0 Å². The van der Waals surface area contributed by atoms with Gasteiger partial charge in [0.25, 0.3) is 5.56 Å². The molecule has 1 aromatic carbocycles. The third-order valence-electron chi connectivity index (χ3n) is 2.84. The maximum Gasteiger partial charge on any atom is 0.252 e. The minimum atomic E-state index is -0.164. The normalized spacial score (nSPS) is 9.95. The van der Waals surface area contributed by atoms with E-state index in [4.69, 9.17) is 5.26 Å². The second-order valence-electron chi connectivity index (χ2n) is 4.12. The van der Waals surface area contributed by atoms with Crippen LogP contribution in [0, 0.1) is 11.3 Å². The van der Waals surface area contributed by atoms with E-state index in [9.17, 15) is 4.79 Å². The number of aryl methyl sites for hydroxylation is 1. The van der Waals surface area contributed by atoms with Crippen LogP contribution in [0.5, 0.6) is 0 Å². The molecule has 0 aliphatic carbocycles. The van der Waals surface area contributed by atoms with Crippen molar-refractivity contribution in [3.05, 3.63) is 52.1 Å². The first-order valence-electron chi connectivity index (χ1n) is 5.98. The first-order valence-corrected chi connectivity index (χ1v) is 5.98. The fraction of sp³-hybridized carbons (Fsp3) is 0.214. The van der Waals surface area contributed by atoms with Crippen LogP contribution < -0.4 is 10.5 Å². The van der Waals surface area contributed by atoms with Crippen LogP contribution in [-0.2, 0) is 6.42 Å². The van der Waals surface area contributed by atoms with E-state index in [1.165, 1.54) is 6.07 Å². The summed E-state index contributed by atoms with van der Waals surface area (Å²) in [6, 6.07) is 10.7. The molecular weight excluding hydrogens is 240 g/mol. The molecule has 0 unspecified atom stereocenters. The molecule has 0 saturated carbocycles. The molecule has 0 fully saturated rings. The lowest BCUT2D eigenvalue weighted by atomic mass is 10.2. The van der Waals surface area contributed by atoms with Crippen LogP contribution in [0.15, 0.2) is 35.1 Å². The molecule has 0 saturated heterocycles. The number of aromatic nitrogens is 2. The number of hydrogen-bond donors (Lipinski definition) is 1. The first-order chi connectivity index (χ1) is 9.13. The van der Waals surface area contributed by atoms with Crippen LogP contribution in [0.25, 0.3) is 0 Å². The molecule has 0 atom stereocenters. The highest BCUT2D eigenvalue weighted by Crippen LogP contribution is 2.20. The Morgan fingerprint density at radius 2 is 2.05 bits per heavy atom. The van der Waals surface area contributed by atoms with Gasteiger partial charge in [-0.2, -0.15) is 5.26 Å². The smallest absolute Gasteiger partial charge is 0.252 e. The lowest BCUT2D eigenvalue weighted by Gasteiger charge is -2.18. The van der Waals surface area contributed by atoms with E-state index in [1.54, 1.807) is 12.1 Å². The number of rotatable bonds is 3. The zero-order valence-corrected chi connectivity index (χ0v) is 10.8. The quantitative estimate of drug-likeness (QED) is 0.908. The topological polar surface area (TPSA) is 72.8 Å². The van der Waals surface area contributed by atoms with Gasteiger partial charge in [-0.25, -0.2) is 4.98 Å². The third kappa shape index (κ3) is 2.80. The average Bonchev–Trinajstić information content (AvgIpc) is 2.46. The summed E-state index contributed by atoms with van der Waals surface area (Å²) in [6.07, 6.45) is 0.671. The molecule has 1 aromatic heterocycles. The van der Waals surface area contributed by atoms with Gasteiger partial charge in [0.1, 0.15) is 11.6 Å². The summed E-state index contributed by atoms with van der Waals surface area (Å²) >= 11 is 0. The highest BCUT2D eigenvalue weighted by atomic mass is 16.1. The van der Waals surface area contributed by atoms with Crippen molar-refractivity contribution in [3.8, 4) is 6.07 Å². The van der Waals surface area contributed by atoms with Crippen molar-refractivity contribution in [2.45, 2.75) is 13.3 Å². The number of H-pyrrole nitrogens is 1. The van der Waals surface area contributed by atoms with Crippen molar-refractivity contribution >= 4 is 11.5 Å². The zero-order chi connectivity index (χ0) is 13.8. The standard InChI is InChI=1S/C14H14N4O/c1-3-12-16-13(8-14(19)17-12)18(2)11-6-4-10(9-15)5-7-11/h4-8H,3H2,1-2H3,(H,16,17,19). The molecule has 96 valence electrons. The van der Waals surface area contributed by atoms with Gasteiger partial charge in [0.15, 0.2) is 0 Å². The molecule has 19 heavy (non-hydrogen) atoms. The molecule has 2 aromatic rings. The van der Waals surface area contributed by atoms with Gasteiger partial charge in [-0.1, -0.05) is 6.92 Å². The van der Waals surface area contributed by atoms with Gasteiger partial charge in [-0.3, -0.25) is 4.79 Å². The van der Waals surface area contributed by atoms with Crippen LogP contribution in [0.4, 0.5) is 11.5 Å². The Morgan fingerprint density at radius 3 is 2.63 bits per heavy atom. The fourth-order valence-electron chi connectivity index (χ4n) is 1.73. The van der Waals surface area contributed by atoms with E-state index in [1.807, 2.05) is 31.0 Å². The Bertz CT molecular complexity index is 667. The molecule has 0 spiro atoms. The summed E-state index contributed by atoms with van der Waals surface area (Å²) in [5, 5.41) is 8.77. The Hall–Kier alpha value is -2.61. The summed E-state index contributed by atoms with van der Waals surface area (Å²) in [7, 11) is 1.84. The van der Waals surface area contributed by atoms with Gasteiger partial charge in [0, 0.05) is 25.2 Å². The van der Waals surface area contributed by atoms with Crippen molar-refractivity contribution in [2.75, 3.05) is 11.9 Å². The van der Waals surface area contributed by atoms with E-state index in [2.05, 4.69) is 16.0 Å². The molecule has 1 N–H and O–H groups in total. The van der Waals surface area contributed by atoms with E-state index < -0.39 is 0 Å². The molecule has 0 aliphatic rings. The predicted octanol–water partition coefficient (Wildman–Crippen LogP) is 1.97. The van der Waals surface area contributed by atoms with Gasteiger partial charge in [-0.15, -0.1) is 0 Å². The molecular formula is C14H14N4O. The van der Waals surface area contributed by atoms with Crippen molar-refractivity contribution in [3.63, 3.8) is 0 Å². The van der Waals surface area contributed by atoms with Crippen LogP contribution in [-0.4, -0.2) is 17.0 Å². The number of hydrogen-bond acceptors (Lipinski definition) is 4. The van der Waals surface area contributed by atoms with Crippen molar-refractivity contribution in [2.24, 2.45) is 0 Å². The maximum absolute atomic E-state index is 11.5.